The number of pyridine rings is 1. The SMILES string of the molecule is CCn1c[c-]c2nccc(C)c21.[Li+]. The third-order valence-electron chi connectivity index (χ3n) is 2.11. The fourth-order valence-corrected chi connectivity index (χ4v) is 1.47. The number of fused-ring (bicyclic) bond motifs is 1. The van der Waals surface area contributed by atoms with E-state index in [0.29, 0.717) is 0 Å². The topological polar surface area (TPSA) is 17.8 Å². The molecule has 0 saturated heterocycles. The van der Waals surface area contributed by atoms with Crippen LogP contribution in [0.25, 0.3) is 11.0 Å². The molecule has 0 N–H and O–H groups in total. The summed E-state index contributed by atoms with van der Waals surface area (Å²) in [5.41, 5.74) is 3.44. The van der Waals surface area contributed by atoms with Crippen LogP contribution in [-0.2, 0) is 6.54 Å². The molecule has 3 heteroatoms. The van der Waals surface area contributed by atoms with Crippen molar-refractivity contribution in [3.8, 4) is 0 Å². The van der Waals surface area contributed by atoms with Gasteiger partial charge in [0.25, 0.3) is 0 Å². The number of hydrogen-bond donors (Lipinski definition) is 0. The second-order valence-corrected chi connectivity index (χ2v) is 2.88. The zero-order valence-corrected chi connectivity index (χ0v) is 8.33. The second kappa shape index (κ2) is 4.00. The van der Waals surface area contributed by atoms with Gasteiger partial charge in [0.15, 0.2) is 0 Å². The third-order valence-corrected chi connectivity index (χ3v) is 2.11. The molecule has 0 atom stereocenters. The van der Waals surface area contributed by atoms with Gasteiger partial charge in [-0.1, -0.05) is 24.0 Å². The zero-order valence-electron chi connectivity index (χ0n) is 8.33. The Labute approximate surface area is 90.1 Å². The Kier molecular flexibility index (Phi) is 3.19. The van der Waals surface area contributed by atoms with Crippen molar-refractivity contribution in [2.45, 2.75) is 20.4 Å². The number of rotatable bonds is 1. The molecule has 0 unspecified atom stereocenters. The van der Waals surface area contributed by atoms with Crippen LogP contribution in [0.5, 0.6) is 0 Å². The second-order valence-electron chi connectivity index (χ2n) is 2.88. The van der Waals surface area contributed by atoms with Gasteiger partial charge in [-0.3, -0.25) is 4.98 Å². The molecule has 2 heterocycles. The fraction of sp³-hybridized carbons (Fsp3) is 0.300. The number of hydrogen-bond acceptors (Lipinski definition) is 1. The van der Waals surface area contributed by atoms with Crippen LogP contribution in [0.1, 0.15) is 12.5 Å². The Morgan fingerprint density at radius 3 is 3.00 bits per heavy atom. The van der Waals surface area contributed by atoms with Crippen LogP contribution in [0, 0.1) is 13.0 Å². The first-order chi connectivity index (χ1) is 5.83. The average Bonchev–Trinajstić information content (AvgIpc) is 2.49. The molecule has 2 aromatic heterocycles. The number of aryl methyl sites for hydroxylation is 2. The zero-order chi connectivity index (χ0) is 8.55. The largest absolute Gasteiger partial charge is 1.00 e. The van der Waals surface area contributed by atoms with Crippen LogP contribution in [0.2, 0.25) is 0 Å². The molecule has 0 radical (unpaired) electrons. The molecule has 13 heavy (non-hydrogen) atoms. The Morgan fingerprint density at radius 1 is 1.54 bits per heavy atom. The molecule has 0 aromatic carbocycles. The molecular formula is C10H11LiN2. The van der Waals surface area contributed by atoms with Crippen LogP contribution in [0.4, 0.5) is 0 Å². The van der Waals surface area contributed by atoms with E-state index in [0.717, 1.165) is 12.1 Å². The summed E-state index contributed by atoms with van der Waals surface area (Å²) in [6, 6.07) is 5.16. The van der Waals surface area contributed by atoms with Gasteiger partial charge < -0.3 is 4.57 Å². The van der Waals surface area contributed by atoms with E-state index in [2.05, 4.69) is 29.5 Å². The normalized spacial score (nSPS) is 10.0. The summed E-state index contributed by atoms with van der Waals surface area (Å²) in [4.78, 5) is 4.23. The standard InChI is InChI=1S/C10H11N2.Li/c1-3-12-7-5-9-10(12)8(2)4-6-11-9;/h4,6-7H,3H2,1-2H3;/q-1;+1. The molecule has 62 valence electrons. The Bertz CT molecular complexity index is 406. The summed E-state index contributed by atoms with van der Waals surface area (Å²) in [6.07, 6.45) is 3.79. The number of aromatic nitrogens is 2. The maximum Gasteiger partial charge on any atom is 1.00 e. The summed E-state index contributed by atoms with van der Waals surface area (Å²) >= 11 is 0. The van der Waals surface area contributed by atoms with Gasteiger partial charge in [0.2, 0.25) is 0 Å². The van der Waals surface area contributed by atoms with E-state index in [1.165, 1.54) is 11.1 Å². The van der Waals surface area contributed by atoms with Crippen molar-refractivity contribution in [3.05, 3.63) is 30.1 Å². The molecule has 0 aliphatic carbocycles. The van der Waals surface area contributed by atoms with Crippen LogP contribution < -0.4 is 18.9 Å². The summed E-state index contributed by atoms with van der Waals surface area (Å²) < 4.78 is 2.16. The molecular weight excluding hydrogens is 155 g/mol. The van der Waals surface area contributed by atoms with Crippen molar-refractivity contribution in [2.75, 3.05) is 0 Å². The van der Waals surface area contributed by atoms with E-state index in [4.69, 9.17) is 0 Å². The summed E-state index contributed by atoms with van der Waals surface area (Å²) in [6.45, 7) is 5.20. The molecule has 0 bridgehead atoms. The van der Waals surface area contributed by atoms with Crippen molar-refractivity contribution in [1.82, 2.24) is 9.55 Å². The molecule has 2 aromatic rings. The van der Waals surface area contributed by atoms with E-state index in [-0.39, 0.29) is 18.9 Å². The van der Waals surface area contributed by atoms with Gasteiger partial charge in [-0.15, -0.1) is 11.8 Å². The van der Waals surface area contributed by atoms with Gasteiger partial charge in [-0.25, -0.2) is 6.07 Å². The fourth-order valence-electron chi connectivity index (χ4n) is 1.47. The first-order valence-electron chi connectivity index (χ1n) is 4.15. The van der Waals surface area contributed by atoms with E-state index < -0.39 is 0 Å². The summed E-state index contributed by atoms with van der Waals surface area (Å²) in [5, 5.41) is 0. The average molecular weight is 166 g/mol. The third kappa shape index (κ3) is 1.65. The molecule has 0 saturated carbocycles. The molecule has 0 fully saturated rings. The van der Waals surface area contributed by atoms with Crippen molar-refractivity contribution in [1.29, 1.82) is 0 Å². The molecule has 0 amide bonds. The van der Waals surface area contributed by atoms with E-state index in [1.807, 2.05) is 18.5 Å². The minimum absolute atomic E-state index is 0. The van der Waals surface area contributed by atoms with Crippen LogP contribution in [-0.4, -0.2) is 9.55 Å². The Morgan fingerprint density at radius 2 is 2.31 bits per heavy atom. The van der Waals surface area contributed by atoms with Gasteiger partial charge in [0.1, 0.15) is 0 Å². The summed E-state index contributed by atoms with van der Waals surface area (Å²) in [7, 11) is 0. The van der Waals surface area contributed by atoms with Gasteiger partial charge in [-0.2, -0.15) is 0 Å². The van der Waals surface area contributed by atoms with Crippen LogP contribution in [0.3, 0.4) is 0 Å². The van der Waals surface area contributed by atoms with Gasteiger partial charge in [0.05, 0.1) is 0 Å². The van der Waals surface area contributed by atoms with E-state index in [1.54, 1.807) is 0 Å². The van der Waals surface area contributed by atoms with Crippen molar-refractivity contribution in [2.24, 2.45) is 0 Å². The summed E-state index contributed by atoms with van der Waals surface area (Å²) in [5.74, 6) is 0. The molecule has 2 rings (SSSR count). The van der Waals surface area contributed by atoms with Crippen LogP contribution in [0.15, 0.2) is 18.5 Å². The monoisotopic (exact) mass is 166 g/mol. The van der Waals surface area contributed by atoms with Gasteiger partial charge in [0, 0.05) is 12.7 Å². The van der Waals surface area contributed by atoms with E-state index in [9.17, 15) is 0 Å². The maximum absolute atomic E-state index is 4.23. The molecule has 0 spiro atoms. The Balaban J connectivity index is 0.000000845. The number of nitrogens with zero attached hydrogens (tertiary/aromatic N) is 2. The van der Waals surface area contributed by atoms with Crippen molar-refractivity contribution < 1.29 is 18.9 Å². The first kappa shape index (κ1) is 10.4. The minimum Gasteiger partial charge on any atom is -0.440 e. The molecule has 2 nitrogen and oxygen atoms in total. The van der Waals surface area contributed by atoms with Gasteiger partial charge >= 0.3 is 18.9 Å². The van der Waals surface area contributed by atoms with Crippen molar-refractivity contribution in [3.63, 3.8) is 0 Å². The van der Waals surface area contributed by atoms with Crippen LogP contribution >= 0.6 is 0 Å². The predicted molar refractivity (Wildman–Crippen MR) is 49.0 cm³/mol. The van der Waals surface area contributed by atoms with Crippen molar-refractivity contribution >= 4 is 11.0 Å². The Hall–Kier alpha value is -0.713. The smallest absolute Gasteiger partial charge is 0.440 e. The minimum atomic E-state index is 0. The molecule has 0 aliphatic heterocycles. The molecule has 0 aliphatic rings. The first-order valence-corrected chi connectivity index (χ1v) is 4.15. The maximum atomic E-state index is 4.23. The predicted octanol–water partition coefficient (Wildman–Crippen LogP) is -0.831. The van der Waals surface area contributed by atoms with Gasteiger partial charge in [-0.05, 0) is 6.92 Å². The van der Waals surface area contributed by atoms with E-state index >= 15 is 0 Å². The quantitative estimate of drug-likeness (QED) is 0.399.